The van der Waals surface area contributed by atoms with E-state index < -0.39 is 0 Å². The third-order valence-corrected chi connectivity index (χ3v) is 4.20. The van der Waals surface area contributed by atoms with Crippen LogP contribution in [0.15, 0.2) is 24.3 Å². The molecular formula is C17H25N3O2. The monoisotopic (exact) mass is 303 g/mol. The number of likely N-dealkylation sites (tertiary alicyclic amines) is 1. The van der Waals surface area contributed by atoms with Gasteiger partial charge >= 0.3 is 5.97 Å². The number of nitrogens with zero attached hydrogens (tertiary/aromatic N) is 1. The van der Waals surface area contributed by atoms with Crippen LogP contribution in [0.25, 0.3) is 0 Å². The summed E-state index contributed by atoms with van der Waals surface area (Å²) in [5, 5.41) is 7.41. The van der Waals surface area contributed by atoms with Crippen LogP contribution in [-0.4, -0.2) is 29.9 Å². The average Bonchev–Trinajstić information content (AvgIpc) is 2.50. The van der Waals surface area contributed by atoms with Crippen molar-refractivity contribution >= 4 is 11.9 Å². The van der Waals surface area contributed by atoms with E-state index in [1.807, 2.05) is 36.1 Å². The summed E-state index contributed by atoms with van der Waals surface area (Å²) in [6, 6.07) is 7.52. The number of nitrogens with one attached hydrogen (secondary N) is 1. The SMILES string of the molecule is Cc1ccc(OC(=O)CCCC2CCN(C(=N)N)CC2)cc1. The Morgan fingerprint density at radius 3 is 2.55 bits per heavy atom. The highest BCUT2D eigenvalue weighted by molar-refractivity contribution is 5.74. The van der Waals surface area contributed by atoms with Gasteiger partial charge in [-0.3, -0.25) is 10.2 Å². The number of carbonyl (C=O) groups excluding carboxylic acids is 1. The largest absolute Gasteiger partial charge is 0.427 e. The van der Waals surface area contributed by atoms with Crippen molar-refractivity contribution in [3.63, 3.8) is 0 Å². The van der Waals surface area contributed by atoms with E-state index in [1.165, 1.54) is 0 Å². The minimum absolute atomic E-state index is 0.162. The van der Waals surface area contributed by atoms with Crippen LogP contribution in [-0.2, 0) is 4.79 Å². The van der Waals surface area contributed by atoms with Crippen molar-refractivity contribution in [1.29, 1.82) is 5.41 Å². The Balaban J connectivity index is 1.63. The van der Waals surface area contributed by atoms with Gasteiger partial charge in [0.05, 0.1) is 0 Å². The van der Waals surface area contributed by atoms with Crippen molar-refractivity contribution in [2.45, 2.75) is 39.0 Å². The number of nitrogens with two attached hydrogens (primary N) is 1. The molecule has 0 saturated carbocycles. The van der Waals surface area contributed by atoms with Gasteiger partial charge in [-0.15, -0.1) is 0 Å². The molecular weight excluding hydrogens is 278 g/mol. The van der Waals surface area contributed by atoms with Crippen molar-refractivity contribution in [2.24, 2.45) is 11.7 Å². The van der Waals surface area contributed by atoms with E-state index in [0.717, 1.165) is 44.3 Å². The number of carbonyl (C=O) groups is 1. The lowest BCUT2D eigenvalue weighted by molar-refractivity contribution is -0.134. The second kappa shape index (κ2) is 7.82. The smallest absolute Gasteiger partial charge is 0.311 e. The molecule has 0 amide bonds. The van der Waals surface area contributed by atoms with E-state index in [1.54, 1.807) is 0 Å². The summed E-state index contributed by atoms with van der Waals surface area (Å²) in [6.07, 6.45) is 4.45. The highest BCUT2D eigenvalue weighted by atomic mass is 16.5. The molecule has 1 aromatic carbocycles. The Hall–Kier alpha value is -2.04. The number of esters is 1. The molecule has 2 rings (SSSR count). The Bertz CT molecular complexity index is 505. The van der Waals surface area contributed by atoms with Gasteiger partial charge in [0, 0.05) is 19.5 Å². The van der Waals surface area contributed by atoms with Crippen LogP contribution in [0.3, 0.4) is 0 Å². The Kier molecular flexibility index (Phi) is 5.81. The molecule has 1 aliphatic rings. The summed E-state index contributed by atoms with van der Waals surface area (Å²) >= 11 is 0. The van der Waals surface area contributed by atoms with E-state index in [-0.39, 0.29) is 11.9 Å². The molecule has 0 aliphatic carbocycles. The zero-order valence-electron chi connectivity index (χ0n) is 13.2. The lowest BCUT2D eigenvalue weighted by atomic mass is 9.92. The van der Waals surface area contributed by atoms with E-state index in [2.05, 4.69) is 0 Å². The number of rotatable bonds is 5. The molecule has 3 N–H and O–H groups in total. The van der Waals surface area contributed by atoms with Gasteiger partial charge in [-0.1, -0.05) is 17.7 Å². The van der Waals surface area contributed by atoms with Gasteiger partial charge in [-0.05, 0) is 50.7 Å². The second-order valence-corrected chi connectivity index (χ2v) is 6.00. The molecule has 0 atom stereocenters. The van der Waals surface area contributed by atoms with Crippen LogP contribution in [0.2, 0.25) is 0 Å². The van der Waals surface area contributed by atoms with Crippen molar-refractivity contribution in [1.82, 2.24) is 4.90 Å². The van der Waals surface area contributed by atoms with E-state index in [4.69, 9.17) is 15.9 Å². The molecule has 5 heteroatoms. The molecule has 0 radical (unpaired) electrons. The third-order valence-electron chi connectivity index (χ3n) is 4.20. The number of ether oxygens (including phenoxy) is 1. The van der Waals surface area contributed by atoms with Crippen molar-refractivity contribution in [2.75, 3.05) is 13.1 Å². The first kappa shape index (κ1) is 16.3. The summed E-state index contributed by atoms with van der Waals surface area (Å²) in [7, 11) is 0. The zero-order chi connectivity index (χ0) is 15.9. The van der Waals surface area contributed by atoms with Crippen molar-refractivity contribution < 1.29 is 9.53 Å². The normalized spacial score (nSPS) is 15.6. The highest BCUT2D eigenvalue weighted by Gasteiger charge is 2.19. The number of benzene rings is 1. The van der Waals surface area contributed by atoms with Crippen molar-refractivity contribution in [3.05, 3.63) is 29.8 Å². The summed E-state index contributed by atoms with van der Waals surface area (Å²) < 4.78 is 5.32. The predicted molar refractivity (Wildman–Crippen MR) is 86.9 cm³/mol. The molecule has 0 bridgehead atoms. The molecule has 120 valence electrons. The molecule has 0 unspecified atom stereocenters. The highest BCUT2D eigenvalue weighted by Crippen LogP contribution is 2.22. The lowest BCUT2D eigenvalue weighted by Gasteiger charge is -2.32. The van der Waals surface area contributed by atoms with E-state index in [9.17, 15) is 4.79 Å². The number of guanidine groups is 1. The van der Waals surface area contributed by atoms with Gasteiger partial charge in [-0.2, -0.15) is 0 Å². The second-order valence-electron chi connectivity index (χ2n) is 6.00. The molecule has 0 spiro atoms. The maximum absolute atomic E-state index is 11.8. The first-order valence-electron chi connectivity index (χ1n) is 7.91. The lowest BCUT2D eigenvalue weighted by Crippen LogP contribution is -2.42. The fourth-order valence-electron chi connectivity index (χ4n) is 2.79. The summed E-state index contributed by atoms with van der Waals surface area (Å²) in [4.78, 5) is 13.7. The molecule has 1 aliphatic heterocycles. The predicted octanol–water partition coefficient (Wildman–Crippen LogP) is 2.68. The summed E-state index contributed by atoms with van der Waals surface area (Å²) in [5.41, 5.74) is 6.63. The molecule has 22 heavy (non-hydrogen) atoms. The van der Waals surface area contributed by atoms with Gasteiger partial charge < -0.3 is 15.4 Å². The number of hydrogen-bond acceptors (Lipinski definition) is 3. The van der Waals surface area contributed by atoms with Crippen LogP contribution in [0.1, 0.15) is 37.7 Å². The van der Waals surface area contributed by atoms with E-state index in [0.29, 0.717) is 18.1 Å². The summed E-state index contributed by atoms with van der Waals surface area (Å²) in [6.45, 7) is 3.71. The van der Waals surface area contributed by atoms with Gasteiger partial charge in [0.25, 0.3) is 0 Å². The third kappa shape index (κ3) is 5.06. The van der Waals surface area contributed by atoms with Gasteiger partial charge in [0.15, 0.2) is 5.96 Å². The first-order chi connectivity index (χ1) is 10.5. The van der Waals surface area contributed by atoms with Gasteiger partial charge in [0.1, 0.15) is 5.75 Å². The van der Waals surface area contributed by atoms with Crippen LogP contribution in [0.4, 0.5) is 0 Å². The Morgan fingerprint density at radius 2 is 1.95 bits per heavy atom. The molecule has 1 heterocycles. The number of hydrogen-bond donors (Lipinski definition) is 2. The van der Waals surface area contributed by atoms with Crippen LogP contribution in [0.5, 0.6) is 5.75 Å². The first-order valence-corrected chi connectivity index (χ1v) is 7.91. The molecule has 0 aromatic heterocycles. The Labute approximate surface area is 132 Å². The number of aryl methyl sites for hydroxylation is 1. The minimum Gasteiger partial charge on any atom is -0.427 e. The fraction of sp³-hybridized carbons (Fsp3) is 0.529. The maximum Gasteiger partial charge on any atom is 0.311 e. The fourth-order valence-corrected chi connectivity index (χ4v) is 2.79. The van der Waals surface area contributed by atoms with Crippen LogP contribution in [0, 0.1) is 18.3 Å². The Morgan fingerprint density at radius 1 is 1.32 bits per heavy atom. The van der Waals surface area contributed by atoms with Crippen LogP contribution >= 0.6 is 0 Å². The van der Waals surface area contributed by atoms with Gasteiger partial charge in [0.2, 0.25) is 0 Å². The topological polar surface area (TPSA) is 79.4 Å². The van der Waals surface area contributed by atoms with E-state index >= 15 is 0 Å². The minimum atomic E-state index is -0.162. The molecule has 5 nitrogen and oxygen atoms in total. The molecule has 1 saturated heterocycles. The van der Waals surface area contributed by atoms with Crippen LogP contribution < -0.4 is 10.5 Å². The zero-order valence-corrected chi connectivity index (χ0v) is 13.2. The van der Waals surface area contributed by atoms with Crippen molar-refractivity contribution in [3.8, 4) is 5.75 Å². The number of piperidine rings is 1. The quantitative estimate of drug-likeness (QED) is 0.379. The molecule has 1 aromatic rings. The standard InChI is InChI=1S/C17H25N3O2/c1-13-5-7-15(8-6-13)22-16(21)4-2-3-14-9-11-20(12-10-14)17(18)19/h5-8,14H,2-4,9-12H2,1H3,(H3,18,19). The summed E-state index contributed by atoms with van der Waals surface area (Å²) in [5.74, 6) is 1.25. The molecule has 1 fully saturated rings. The maximum atomic E-state index is 11.8. The average molecular weight is 303 g/mol. The van der Waals surface area contributed by atoms with Gasteiger partial charge in [-0.25, -0.2) is 0 Å².